The lowest BCUT2D eigenvalue weighted by molar-refractivity contribution is -0.143. The van der Waals surface area contributed by atoms with Gasteiger partial charge in [0, 0.05) is 12.8 Å². The van der Waals surface area contributed by atoms with E-state index in [-0.39, 0.29) is 18.5 Å². The summed E-state index contributed by atoms with van der Waals surface area (Å²) in [6.07, 6.45) is 92.9. The van der Waals surface area contributed by atoms with Gasteiger partial charge in [-0.2, -0.15) is 0 Å². The number of carbonyl (C=O) groups is 2. The highest BCUT2D eigenvalue weighted by Gasteiger charge is 2.20. The van der Waals surface area contributed by atoms with Gasteiger partial charge in [0.25, 0.3) is 0 Å². The molecule has 84 heavy (non-hydrogen) atoms. The molecule has 0 bridgehead atoms. The molecule has 2 unspecified atom stereocenters. The molecule has 0 aliphatic carbocycles. The molecule has 0 saturated heterocycles. The number of unbranched alkanes of at least 4 members (excludes halogenated alkanes) is 61. The summed E-state index contributed by atoms with van der Waals surface area (Å²) in [4.78, 5) is 24.7. The first-order valence-electron chi connectivity index (χ1n) is 38.9. The van der Waals surface area contributed by atoms with Crippen molar-refractivity contribution in [3.8, 4) is 0 Å². The minimum absolute atomic E-state index is 0.0220. The van der Waals surface area contributed by atoms with Gasteiger partial charge in [-0.25, -0.2) is 0 Å². The van der Waals surface area contributed by atoms with E-state index >= 15 is 0 Å². The third-order valence-corrected chi connectivity index (χ3v) is 18.6. The molecule has 0 heterocycles. The van der Waals surface area contributed by atoms with Gasteiger partial charge in [0.15, 0.2) is 0 Å². The molecule has 2 atom stereocenters. The van der Waals surface area contributed by atoms with Crippen LogP contribution in [0.3, 0.4) is 0 Å². The Hall–Kier alpha value is -1.40. The normalized spacial score (nSPS) is 12.5. The lowest BCUT2D eigenvalue weighted by atomic mass is 10.0. The van der Waals surface area contributed by atoms with Crippen LogP contribution in [0.2, 0.25) is 0 Å². The Balaban J connectivity index is 3.35. The van der Waals surface area contributed by atoms with E-state index in [9.17, 15) is 19.8 Å². The molecule has 0 rings (SSSR count). The van der Waals surface area contributed by atoms with Crippen molar-refractivity contribution >= 4 is 11.9 Å². The van der Waals surface area contributed by atoms with Crippen LogP contribution in [0.25, 0.3) is 0 Å². The molecular formula is C78H153NO5. The van der Waals surface area contributed by atoms with Gasteiger partial charge in [-0.15, -0.1) is 0 Å². The van der Waals surface area contributed by atoms with Gasteiger partial charge in [-0.1, -0.05) is 398 Å². The fourth-order valence-corrected chi connectivity index (χ4v) is 12.6. The first-order valence-corrected chi connectivity index (χ1v) is 38.9. The highest BCUT2D eigenvalue weighted by Crippen LogP contribution is 2.20. The number of rotatable bonds is 74. The summed E-state index contributed by atoms with van der Waals surface area (Å²) in [5, 5.41) is 23.4. The molecule has 3 N–H and O–H groups in total. The summed E-state index contributed by atoms with van der Waals surface area (Å²) in [6.45, 7) is 5.01. The molecule has 500 valence electrons. The molecule has 0 radical (unpaired) electrons. The van der Waals surface area contributed by atoms with Crippen molar-refractivity contribution in [2.24, 2.45) is 0 Å². The smallest absolute Gasteiger partial charge is 0.305 e. The zero-order valence-electron chi connectivity index (χ0n) is 57.4. The van der Waals surface area contributed by atoms with E-state index in [1.807, 2.05) is 0 Å². The number of hydrogen-bond acceptors (Lipinski definition) is 5. The molecule has 0 fully saturated rings. The lowest BCUT2D eigenvalue weighted by Crippen LogP contribution is -2.45. The molecule has 0 aliphatic rings. The Morgan fingerprint density at radius 3 is 0.845 bits per heavy atom. The molecule has 6 heteroatoms. The van der Waals surface area contributed by atoms with Crippen LogP contribution in [0.4, 0.5) is 0 Å². The average Bonchev–Trinajstić information content (AvgIpc) is 3.51. The molecule has 0 aromatic rings. The Morgan fingerprint density at radius 2 is 0.560 bits per heavy atom. The lowest BCUT2D eigenvalue weighted by Gasteiger charge is -2.22. The second-order valence-electron chi connectivity index (χ2n) is 27.0. The summed E-state index contributed by atoms with van der Waals surface area (Å²) in [7, 11) is 0. The molecular weight excluding hydrogens is 1030 g/mol. The molecule has 0 aromatic carbocycles. The first kappa shape index (κ1) is 82.6. The van der Waals surface area contributed by atoms with E-state index in [1.54, 1.807) is 0 Å². The Labute approximate surface area is 527 Å². The number of aliphatic hydroxyl groups excluding tert-OH is 2. The second kappa shape index (κ2) is 74.1. The Bertz CT molecular complexity index is 1270. The average molecular weight is 1190 g/mol. The standard InChI is InChI=1S/C78H153NO5/c1-3-5-7-9-11-13-15-17-19-21-23-35-38-42-46-50-54-58-62-66-70-76(81)75(74-80)79-77(82)71-67-63-59-55-51-47-43-39-36-32-30-28-26-24-25-27-29-31-33-37-41-45-49-53-57-61-65-69-73-84-78(83)72-68-64-60-56-52-48-44-40-34-22-20-18-16-14-12-10-8-6-4-2/h24-25,75-76,80-81H,3-23,26-74H2,1-2H3,(H,79,82)/b25-24-. The zero-order valence-corrected chi connectivity index (χ0v) is 57.4. The van der Waals surface area contributed by atoms with Crippen LogP contribution >= 0.6 is 0 Å². The molecule has 0 aliphatic heterocycles. The topological polar surface area (TPSA) is 95.9 Å². The summed E-state index contributed by atoms with van der Waals surface area (Å²) in [5.74, 6) is -0.00763. The third-order valence-electron chi connectivity index (χ3n) is 18.6. The molecule has 0 saturated carbocycles. The number of nitrogens with one attached hydrogen (secondary N) is 1. The minimum atomic E-state index is -0.665. The highest BCUT2D eigenvalue weighted by molar-refractivity contribution is 5.76. The molecule has 0 aromatic heterocycles. The van der Waals surface area contributed by atoms with E-state index in [1.165, 1.54) is 379 Å². The maximum Gasteiger partial charge on any atom is 0.305 e. The van der Waals surface area contributed by atoms with Crippen LogP contribution < -0.4 is 5.32 Å². The van der Waals surface area contributed by atoms with Crippen LogP contribution in [-0.4, -0.2) is 47.4 Å². The van der Waals surface area contributed by atoms with E-state index in [0.717, 1.165) is 38.5 Å². The van der Waals surface area contributed by atoms with E-state index in [0.29, 0.717) is 25.9 Å². The summed E-state index contributed by atoms with van der Waals surface area (Å²) < 4.78 is 5.52. The van der Waals surface area contributed by atoms with Crippen molar-refractivity contribution in [2.75, 3.05) is 13.2 Å². The zero-order chi connectivity index (χ0) is 60.6. The predicted octanol–water partition coefficient (Wildman–Crippen LogP) is 25.5. The molecule has 0 spiro atoms. The first-order chi connectivity index (χ1) is 41.5. The van der Waals surface area contributed by atoms with E-state index in [2.05, 4.69) is 31.3 Å². The number of allylic oxidation sites excluding steroid dienone is 2. The van der Waals surface area contributed by atoms with Crippen molar-refractivity contribution in [3.63, 3.8) is 0 Å². The van der Waals surface area contributed by atoms with Crippen LogP contribution in [0.1, 0.15) is 450 Å². The highest BCUT2D eigenvalue weighted by atomic mass is 16.5. The SMILES string of the molecule is CCCCCCCCCCCCCCCCCCCCCCC(O)C(CO)NC(=O)CCCCCCCCCCCCCC/C=C\CCCCCCCCCCCCCCOC(=O)CCCCCCCCCCCCCCCCCCCCC. The van der Waals surface area contributed by atoms with Crippen molar-refractivity contribution in [1.29, 1.82) is 0 Å². The third kappa shape index (κ3) is 69.7. The quantitative estimate of drug-likeness (QED) is 0.0320. The van der Waals surface area contributed by atoms with Gasteiger partial charge >= 0.3 is 5.97 Å². The second-order valence-corrected chi connectivity index (χ2v) is 27.0. The summed E-state index contributed by atoms with van der Waals surface area (Å²) in [6, 6.07) is -0.542. The van der Waals surface area contributed by atoms with Gasteiger partial charge in [-0.05, 0) is 51.4 Å². The largest absolute Gasteiger partial charge is 0.466 e. The number of esters is 1. The van der Waals surface area contributed by atoms with Gasteiger partial charge in [0.2, 0.25) is 5.91 Å². The van der Waals surface area contributed by atoms with Crippen molar-refractivity contribution < 1.29 is 24.5 Å². The number of hydrogen-bond donors (Lipinski definition) is 3. The van der Waals surface area contributed by atoms with Gasteiger partial charge in [0.1, 0.15) is 0 Å². The van der Waals surface area contributed by atoms with Gasteiger partial charge in [-0.3, -0.25) is 9.59 Å². The van der Waals surface area contributed by atoms with Gasteiger partial charge < -0.3 is 20.3 Å². The molecule has 1 amide bonds. The Kier molecular flexibility index (Phi) is 72.8. The van der Waals surface area contributed by atoms with Crippen LogP contribution in [0.5, 0.6) is 0 Å². The number of amides is 1. The Morgan fingerprint density at radius 1 is 0.321 bits per heavy atom. The van der Waals surface area contributed by atoms with Crippen molar-refractivity contribution in [3.05, 3.63) is 12.2 Å². The monoisotopic (exact) mass is 1180 g/mol. The predicted molar refractivity (Wildman–Crippen MR) is 370 cm³/mol. The minimum Gasteiger partial charge on any atom is -0.466 e. The van der Waals surface area contributed by atoms with Crippen LogP contribution in [0.15, 0.2) is 12.2 Å². The van der Waals surface area contributed by atoms with Crippen LogP contribution in [-0.2, 0) is 14.3 Å². The van der Waals surface area contributed by atoms with E-state index in [4.69, 9.17) is 4.74 Å². The summed E-state index contributed by atoms with van der Waals surface area (Å²) >= 11 is 0. The van der Waals surface area contributed by atoms with Gasteiger partial charge in [0.05, 0.1) is 25.4 Å². The fraction of sp³-hybridized carbons (Fsp3) is 0.949. The maximum absolute atomic E-state index is 12.6. The molecule has 6 nitrogen and oxygen atoms in total. The van der Waals surface area contributed by atoms with Crippen molar-refractivity contribution in [2.45, 2.75) is 463 Å². The number of aliphatic hydroxyl groups is 2. The number of carbonyl (C=O) groups excluding carboxylic acids is 2. The van der Waals surface area contributed by atoms with Crippen LogP contribution in [0, 0.1) is 0 Å². The van der Waals surface area contributed by atoms with E-state index < -0.39 is 12.1 Å². The summed E-state index contributed by atoms with van der Waals surface area (Å²) in [5.41, 5.74) is 0. The fourth-order valence-electron chi connectivity index (χ4n) is 12.6. The van der Waals surface area contributed by atoms with Crippen molar-refractivity contribution in [1.82, 2.24) is 5.32 Å². The maximum atomic E-state index is 12.6. The number of ether oxygens (including phenoxy) is 1.